The predicted octanol–water partition coefficient (Wildman–Crippen LogP) is 4.57. The van der Waals surface area contributed by atoms with Crippen LogP contribution in [-0.4, -0.2) is 50.2 Å². The van der Waals surface area contributed by atoms with Crippen molar-refractivity contribution < 1.29 is 27.4 Å². The van der Waals surface area contributed by atoms with E-state index >= 15 is 0 Å². The molecule has 35 heavy (non-hydrogen) atoms. The third-order valence-electron chi connectivity index (χ3n) is 5.35. The van der Waals surface area contributed by atoms with Gasteiger partial charge in [-0.15, -0.1) is 13.2 Å². The van der Waals surface area contributed by atoms with Gasteiger partial charge in [-0.2, -0.15) is 0 Å². The summed E-state index contributed by atoms with van der Waals surface area (Å²) in [5.41, 5.74) is 10.8. The van der Waals surface area contributed by atoms with E-state index in [9.17, 15) is 18.0 Å². The van der Waals surface area contributed by atoms with Crippen LogP contribution in [0.1, 0.15) is 6.92 Å². The number of ether oxygens (including phenoxy) is 2. The minimum Gasteiger partial charge on any atom is -0.405 e. The summed E-state index contributed by atoms with van der Waals surface area (Å²) in [6, 6.07) is 9.65. The first-order valence-corrected chi connectivity index (χ1v) is 14.8. The predicted molar refractivity (Wildman–Crippen MR) is 131 cm³/mol. The number of allylic oxidation sites excluding steroid dienone is 1. The lowest BCUT2D eigenvalue weighted by Crippen LogP contribution is -2.34. The molecule has 8 nitrogen and oxygen atoms in total. The highest BCUT2D eigenvalue weighted by Crippen LogP contribution is 2.36. The monoisotopic (exact) mass is 509 g/mol. The van der Waals surface area contributed by atoms with Crippen LogP contribution in [-0.2, 0) is 9.53 Å². The molecule has 2 heterocycles. The van der Waals surface area contributed by atoms with Gasteiger partial charge in [-0.25, -0.2) is 10.4 Å². The Kier molecular flexibility index (Phi) is 8.08. The van der Waals surface area contributed by atoms with Crippen molar-refractivity contribution in [1.82, 2.24) is 15.4 Å². The van der Waals surface area contributed by atoms with Crippen LogP contribution in [0.15, 0.2) is 47.7 Å². The van der Waals surface area contributed by atoms with Gasteiger partial charge >= 0.3 is 6.36 Å². The molecule has 1 aromatic carbocycles. The molecule has 190 valence electrons. The summed E-state index contributed by atoms with van der Waals surface area (Å²) in [6.45, 7) is 9.97. The number of hydrogen-bond acceptors (Lipinski definition) is 7. The minimum absolute atomic E-state index is 0.0475. The van der Waals surface area contributed by atoms with Crippen molar-refractivity contribution in [3.8, 4) is 16.9 Å². The quantitative estimate of drug-likeness (QED) is 0.336. The second-order valence-corrected chi connectivity index (χ2v) is 14.9. The normalized spacial score (nSPS) is 14.4. The van der Waals surface area contributed by atoms with E-state index in [2.05, 4.69) is 40.1 Å². The number of carbonyl (C=O) groups excluding carboxylic acids is 1. The number of halogens is 3. The first-order valence-electron chi connectivity index (χ1n) is 11.1. The topological polar surface area (TPSA) is 102 Å². The number of nitrogen functional groups attached to an aromatic ring is 1. The van der Waals surface area contributed by atoms with Crippen LogP contribution in [0.2, 0.25) is 25.7 Å². The van der Waals surface area contributed by atoms with Gasteiger partial charge in [0.15, 0.2) is 0 Å². The zero-order valence-corrected chi connectivity index (χ0v) is 21.1. The molecule has 0 spiro atoms. The number of hydrogen-bond donors (Lipinski definition) is 3. The Balaban J connectivity index is 1.67. The van der Waals surface area contributed by atoms with E-state index in [-0.39, 0.29) is 28.7 Å². The number of rotatable bonds is 9. The van der Waals surface area contributed by atoms with Crippen molar-refractivity contribution in [3.63, 3.8) is 0 Å². The van der Waals surface area contributed by atoms with Gasteiger partial charge in [-0.05, 0) is 31.2 Å². The molecular weight excluding hydrogens is 479 g/mol. The Labute approximate surface area is 203 Å². The average molecular weight is 510 g/mol. The van der Waals surface area contributed by atoms with Gasteiger partial charge in [0.25, 0.3) is 5.91 Å². The van der Waals surface area contributed by atoms with Gasteiger partial charge in [0, 0.05) is 38.0 Å². The number of nitrogens with one attached hydrogen (secondary N) is 2. The highest BCUT2D eigenvalue weighted by molar-refractivity contribution is 6.76. The Hall–Kier alpha value is -3.09. The zero-order chi connectivity index (χ0) is 25.8. The fraction of sp³-hybridized carbons (Fsp3) is 0.391. The number of anilines is 2. The Bertz CT molecular complexity index is 1100. The van der Waals surface area contributed by atoms with Crippen LogP contribution in [0, 0.1) is 0 Å². The number of pyridine rings is 1. The van der Waals surface area contributed by atoms with Gasteiger partial charge in [0.1, 0.15) is 24.1 Å². The van der Waals surface area contributed by atoms with E-state index in [0.29, 0.717) is 25.5 Å². The van der Waals surface area contributed by atoms with E-state index in [1.807, 2.05) is 6.92 Å². The number of para-hydroxylation sites is 1. The maximum Gasteiger partial charge on any atom is 0.573 e. The van der Waals surface area contributed by atoms with Crippen LogP contribution in [0.25, 0.3) is 11.1 Å². The van der Waals surface area contributed by atoms with E-state index in [1.54, 1.807) is 11.1 Å². The van der Waals surface area contributed by atoms with E-state index in [1.165, 1.54) is 30.3 Å². The Morgan fingerprint density at radius 3 is 2.57 bits per heavy atom. The van der Waals surface area contributed by atoms with Gasteiger partial charge in [-0.3, -0.25) is 9.80 Å². The molecule has 0 saturated carbocycles. The summed E-state index contributed by atoms with van der Waals surface area (Å²) < 4.78 is 48.1. The fourth-order valence-corrected chi connectivity index (χ4v) is 4.13. The number of hydrazine groups is 1. The lowest BCUT2D eigenvalue weighted by Gasteiger charge is -2.21. The minimum atomic E-state index is -4.85. The third kappa shape index (κ3) is 7.44. The van der Waals surface area contributed by atoms with E-state index in [4.69, 9.17) is 10.5 Å². The summed E-state index contributed by atoms with van der Waals surface area (Å²) in [5, 5.41) is 4.47. The molecule has 0 aliphatic carbocycles. The standard InChI is InChI=1S/C23H30F3N5O3Si/c1-15-18(13-28-31(15)14-33-11-12-35(2,3)4)22(32)30-20-10-9-17(21(27)29-20)16-7-5-6-8-19(16)34-23(24,25)26/h5-10,28H,11-14H2,1-4H3,(H3,27,29,30,32). The van der Waals surface area contributed by atoms with Gasteiger partial charge in [0.05, 0.1) is 5.57 Å². The number of benzene rings is 1. The second-order valence-electron chi connectivity index (χ2n) is 9.30. The maximum absolute atomic E-state index is 12.8. The fourth-order valence-electron chi connectivity index (χ4n) is 3.37. The second kappa shape index (κ2) is 10.7. The molecule has 3 rings (SSSR count). The van der Waals surface area contributed by atoms with Crippen LogP contribution in [0.5, 0.6) is 5.75 Å². The summed E-state index contributed by atoms with van der Waals surface area (Å²) >= 11 is 0. The molecule has 0 fully saturated rings. The molecule has 0 bridgehead atoms. The van der Waals surface area contributed by atoms with Crippen molar-refractivity contribution in [2.24, 2.45) is 0 Å². The number of amides is 1. The SMILES string of the molecule is CC1=C(C(=O)Nc2ccc(-c3ccccc3OC(F)(F)F)c(N)n2)CNN1COCC[Si](C)(C)C. The average Bonchev–Trinajstić information content (AvgIpc) is 3.11. The van der Waals surface area contributed by atoms with Crippen LogP contribution in [0.3, 0.4) is 0 Å². The number of aromatic nitrogens is 1. The molecule has 0 saturated heterocycles. The van der Waals surface area contributed by atoms with Crippen LogP contribution < -0.4 is 21.2 Å². The number of nitrogens with zero attached hydrogens (tertiary/aromatic N) is 2. The maximum atomic E-state index is 12.8. The van der Waals surface area contributed by atoms with E-state index < -0.39 is 20.2 Å². The van der Waals surface area contributed by atoms with E-state index in [0.717, 1.165) is 11.7 Å². The smallest absolute Gasteiger partial charge is 0.405 e. The van der Waals surface area contributed by atoms with Crippen molar-refractivity contribution in [2.75, 3.05) is 30.9 Å². The van der Waals surface area contributed by atoms with Crippen LogP contribution >= 0.6 is 0 Å². The molecule has 12 heteroatoms. The van der Waals surface area contributed by atoms with Crippen molar-refractivity contribution in [3.05, 3.63) is 47.7 Å². The number of nitrogens with two attached hydrogens (primary N) is 1. The third-order valence-corrected chi connectivity index (χ3v) is 7.05. The van der Waals surface area contributed by atoms with Crippen molar-refractivity contribution in [2.45, 2.75) is 39.0 Å². The number of alkyl halides is 3. The summed E-state index contributed by atoms with van der Waals surface area (Å²) in [4.78, 5) is 17.0. The molecular formula is C23H30F3N5O3Si. The molecule has 1 aliphatic rings. The molecule has 0 atom stereocenters. The molecule has 0 unspecified atom stereocenters. The summed E-state index contributed by atoms with van der Waals surface area (Å²) in [6.07, 6.45) is -4.85. The molecule has 4 N–H and O–H groups in total. The van der Waals surface area contributed by atoms with Crippen LogP contribution in [0.4, 0.5) is 24.8 Å². The van der Waals surface area contributed by atoms with Gasteiger partial charge in [-0.1, -0.05) is 37.8 Å². The molecule has 1 amide bonds. The number of carbonyl (C=O) groups is 1. The highest BCUT2D eigenvalue weighted by Gasteiger charge is 2.32. The largest absolute Gasteiger partial charge is 0.573 e. The molecule has 1 aromatic heterocycles. The summed E-state index contributed by atoms with van der Waals surface area (Å²) in [5.74, 6) is -0.625. The van der Waals surface area contributed by atoms with Gasteiger partial charge < -0.3 is 20.5 Å². The molecule has 2 aromatic rings. The highest BCUT2D eigenvalue weighted by atomic mass is 28.3. The Morgan fingerprint density at radius 2 is 1.91 bits per heavy atom. The summed E-state index contributed by atoms with van der Waals surface area (Å²) in [7, 11) is -1.18. The lowest BCUT2D eigenvalue weighted by atomic mass is 10.1. The Morgan fingerprint density at radius 1 is 1.20 bits per heavy atom. The molecule has 1 aliphatic heterocycles. The first-order chi connectivity index (χ1) is 16.3. The molecule has 0 radical (unpaired) electrons. The zero-order valence-electron chi connectivity index (χ0n) is 20.1. The van der Waals surface area contributed by atoms with Gasteiger partial charge in [0.2, 0.25) is 0 Å². The lowest BCUT2D eigenvalue weighted by molar-refractivity contribution is -0.274. The van der Waals surface area contributed by atoms with Crippen molar-refractivity contribution >= 4 is 25.6 Å². The first kappa shape index (κ1) is 26.5. The van der Waals surface area contributed by atoms with Crippen molar-refractivity contribution in [1.29, 1.82) is 0 Å².